The third-order valence-corrected chi connectivity index (χ3v) is 15.1. The summed E-state index contributed by atoms with van der Waals surface area (Å²) in [5, 5.41) is 0. The van der Waals surface area contributed by atoms with E-state index < -0.39 is 29.6 Å². The van der Waals surface area contributed by atoms with Crippen LogP contribution >= 0.6 is 0 Å². The molecule has 2 nitrogen and oxygen atoms in total. The number of ether oxygens (including phenoxy) is 1. The van der Waals surface area contributed by atoms with Crippen LogP contribution in [0.4, 0.5) is 0 Å². The number of rotatable bonds is 7. The van der Waals surface area contributed by atoms with Gasteiger partial charge in [-0.05, 0) is 0 Å². The molecule has 2 aliphatic carbocycles. The van der Waals surface area contributed by atoms with Crippen molar-refractivity contribution in [2.24, 2.45) is 0 Å². The van der Waals surface area contributed by atoms with Crippen molar-refractivity contribution in [3.8, 4) is 11.1 Å². The van der Waals surface area contributed by atoms with Crippen LogP contribution in [0.25, 0.3) is 11.1 Å². The summed E-state index contributed by atoms with van der Waals surface area (Å²) in [7, 11) is -1.50. The molecule has 6 heteroatoms. The number of allylic oxidation sites excluding steroid dienone is 3. The van der Waals surface area contributed by atoms with Gasteiger partial charge in [0.2, 0.25) is 0 Å². The average molecular weight is 567 g/mol. The summed E-state index contributed by atoms with van der Waals surface area (Å²) < 4.78 is 16.1. The molecule has 0 amide bonds. The molecule has 0 aliphatic heterocycles. The minimum atomic E-state index is -2.19. The Balaban J connectivity index is 0.00000181. The zero-order chi connectivity index (χ0) is 21.3. The first-order valence-corrected chi connectivity index (χ1v) is 18.2. The summed E-state index contributed by atoms with van der Waals surface area (Å²) in [6, 6.07) is 18.1. The maximum absolute atomic E-state index is 6.30. The molecule has 2 aliphatic rings. The van der Waals surface area contributed by atoms with Crippen LogP contribution in [0.1, 0.15) is 35.0 Å². The molecule has 170 valence electrons. The minimum Gasteiger partial charge on any atom is -1.00 e. The molecule has 2 aromatic rings. The van der Waals surface area contributed by atoms with Gasteiger partial charge in [0.05, 0.1) is 0 Å². The van der Waals surface area contributed by atoms with Crippen LogP contribution in [0.5, 0.6) is 0 Å². The molecule has 0 saturated heterocycles. The molecule has 0 saturated carbocycles. The molecule has 0 bridgehead atoms. The van der Waals surface area contributed by atoms with Gasteiger partial charge in [-0.25, -0.2) is 0 Å². The van der Waals surface area contributed by atoms with Crippen molar-refractivity contribution in [1.82, 2.24) is 0 Å². The molecule has 0 spiro atoms. The number of hydrogen-bond donors (Lipinski definition) is 0. The topological polar surface area (TPSA) is 18.5 Å². The van der Waals surface area contributed by atoms with Crippen molar-refractivity contribution in [3.63, 3.8) is 0 Å². The maximum Gasteiger partial charge on any atom is -1.00 e. The Bertz CT molecular complexity index is 1000. The quantitative estimate of drug-likeness (QED) is 0.362. The van der Waals surface area contributed by atoms with E-state index in [1.807, 2.05) is 0 Å². The molecule has 0 aromatic heterocycles. The fourth-order valence-electron chi connectivity index (χ4n) is 4.59. The maximum atomic E-state index is 6.30. The van der Waals surface area contributed by atoms with Crippen LogP contribution in [0.3, 0.4) is 0 Å². The second-order valence-electron chi connectivity index (χ2n) is 9.28. The van der Waals surface area contributed by atoms with Crippen molar-refractivity contribution < 1.29 is 55.2 Å². The van der Waals surface area contributed by atoms with Crippen molar-refractivity contribution in [2.75, 3.05) is 13.2 Å². The molecular formula is C26H32Cl2O2SiZr. The Labute approximate surface area is 214 Å². The Morgan fingerprint density at radius 3 is 2.00 bits per heavy atom. The van der Waals surface area contributed by atoms with Gasteiger partial charge in [0.1, 0.15) is 0 Å². The van der Waals surface area contributed by atoms with Crippen LogP contribution in [0, 0.1) is 0 Å². The smallest absolute Gasteiger partial charge is 1.00 e. The second kappa shape index (κ2) is 11.6. The minimum absolute atomic E-state index is 0. The van der Waals surface area contributed by atoms with Gasteiger partial charge < -0.3 is 24.8 Å². The number of benzene rings is 2. The molecule has 0 fully saturated rings. The van der Waals surface area contributed by atoms with E-state index >= 15 is 0 Å². The van der Waals surface area contributed by atoms with Crippen LogP contribution < -0.4 is 24.8 Å². The molecule has 0 N–H and O–H groups in total. The summed E-state index contributed by atoms with van der Waals surface area (Å²) in [6.45, 7) is 12.7. The third-order valence-electron chi connectivity index (χ3n) is 5.75. The van der Waals surface area contributed by atoms with Gasteiger partial charge in [0, 0.05) is 0 Å². The predicted molar refractivity (Wildman–Crippen MR) is 126 cm³/mol. The van der Waals surface area contributed by atoms with Crippen LogP contribution in [0.2, 0.25) is 19.6 Å². The Morgan fingerprint density at radius 1 is 0.906 bits per heavy atom. The van der Waals surface area contributed by atoms with Gasteiger partial charge in [-0.2, -0.15) is 0 Å². The van der Waals surface area contributed by atoms with Crippen molar-refractivity contribution in [2.45, 2.75) is 43.5 Å². The number of fused-ring (bicyclic) bond motifs is 3. The normalized spacial score (nSPS) is 14.1. The monoisotopic (exact) mass is 564 g/mol. The second-order valence-corrected chi connectivity index (χ2v) is 21.2. The predicted octanol–water partition coefficient (Wildman–Crippen LogP) is 0.634. The molecular weight excluding hydrogens is 535 g/mol. The SMILES string of the molecule is C[C](C)=[Zr+2]([C]1=C(OCCO[Si](C)(C)C)C=CC1)[CH]1c2ccccc2-c2ccccc21.[Cl-].[Cl-]. The summed E-state index contributed by atoms with van der Waals surface area (Å²) in [5.41, 5.74) is 5.90. The Hall–Kier alpha value is -0.770. The fourth-order valence-corrected chi connectivity index (χ4v) is 13.7. The van der Waals surface area contributed by atoms with E-state index in [-0.39, 0.29) is 24.8 Å². The van der Waals surface area contributed by atoms with Gasteiger partial charge in [0.25, 0.3) is 0 Å². The molecule has 4 rings (SSSR count). The molecule has 0 heterocycles. The van der Waals surface area contributed by atoms with Crippen molar-refractivity contribution >= 4 is 11.5 Å². The van der Waals surface area contributed by atoms with Gasteiger partial charge in [-0.15, -0.1) is 0 Å². The van der Waals surface area contributed by atoms with Gasteiger partial charge in [-0.1, -0.05) is 0 Å². The molecule has 32 heavy (non-hydrogen) atoms. The van der Waals surface area contributed by atoms with E-state index in [1.54, 1.807) is 6.49 Å². The van der Waals surface area contributed by atoms with E-state index in [0.29, 0.717) is 16.8 Å². The largest absolute Gasteiger partial charge is 1.00 e. The molecule has 0 unspecified atom stereocenters. The van der Waals surface area contributed by atoms with Crippen LogP contribution in [-0.4, -0.2) is 24.7 Å². The van der Waals surface area contributed by atoms with E-state index in [1.165, 1.54) is 22.3 Å². The zero-order valence-electron chi connectivity index (χ0n) is 19.5. The average Bonchev–Trinajstić information content (AvgIpc) is 3.29. The first-order chi connectivity index (χ1) is 14.4. The molecule has 2 aromatic carbocycles. The summed E-state index contributed by atoms with van der Waals surface area (Å²) in [5.74, 6) is 1.13. The Kier molecular flexibility index (Phi) is 9.94. The number of halogens is 2. The van der Waals surface area contributed by atoms with E-state index in [2.05, 4.69) is 94.2 Å². The molecule has 0 radical (unpaired) electrons. The summed E-state index contributed by atoms with van der Waals surface area (Å²) in [4.78, 5) is 0. The standard InChI is InChI=1S/C13H9.C10H17O2Si.C3H6.2ClH.Zr/c1-3-7-12-10(5-1)9-11-6-2-4-8-13(11)12;1-13(2,3)12-9-8-11-10-6-4-5-7-10;1-3-2;;;/h1-9H;4,6H,5,8-9H2,1-3H3;1-2H3;2*1H;/q;;;;;+2/p-2. The summed E-state index contributed by atoms with van der Waals surface area (Å²) in [6.07, 6.45) is 5.55. The van der Waals surface area contributed by atoms with Crippen molar-refractivity contribution in [1.29, 1.82) is 0 Å². The zero-order valence-corrected chi connectivity index (χ0v) is 24.5. The van der Waals surface area contributed by atoms with Gasteiger partial charge in [-0.3, -0.25) is 0 Å². The van der Waals surface area contributed by atoms with E-state index in [0.717, 1.165) is 12.2 Å². The van der Waals surface area contributed by atoms with E-state index in [4.69, 9.17) is 9.16 Å². The van der Waals surface area contributed by atoms with E-state index in [9.17, 15) is 0 Å². The third kappa shape index (κ3) is 5.83. The van der Waals surface area contributed by atoms with Gasteiger partial charge in [0.15, 0.2) is 0 Å². The van der Waals surface area contributed by atoms with Crippen LogP contribution in [0.15, 0.2) is 69.7 Å². The number of hydrogen-bond acceptors (Lipinski definition) is 2. The van der Waals surface area contributed by atoms with Crippen molar-refractivity contribution in [3.05, 3.63) is 80.9 Å². The fraction of sp³-hybridized carbons (Fsp3) is 0.346. The first-order valence-electron chi connectivity index (χ1n) is 10.9. The van der Waals surface area contributed by atoms with Gasteiger partial charge >= 0.3 is 191 Å². The summed E-state index contributed by atoms with van der Waals surface area (Å²) >= 11 is -2.19. The van der Waals surface area contributed by atoms with Crippen LogP contribution in [-0.2, 0) is 30.4 Å². The first kappa shape index (κ1) is 27.5. The molecule has 0 atom stereocenters. The Morgan fingerprint density at radius 2 is 1.47 bits per heavy atom.